The summed E-state index contributed by atoms with van der Waals surface area (Å²) in [6, 6.07) is 11.3. The first-order valence-electron chi connectivity index (χ1n) is 9.53. The Kier molecular flexibility index (Phi) is 8.08. The van der Waals surface area contributed by atoms with Gasteiger partial charge in [-0.3, -0.25) is 0 Å². The van der Waals surface area contributed by atoms with Gasteiger partial charge in [-0.25, -0.2) is 0 Å². The average Bonchev–Trinajstić information content (AvgIpc) is 2.94. The number of rotatable bonds is 5. The van der Waals surface area contributed by atoms with Gasteiger partial charge in [-0.2, -0.15) is 0 Å². The molecule has 0 unspecified atom stereocenters. The van der Waals surface area contributed by atoms with Gasteiger partial charge in [-0.05, 0) is 63.5 Å². The topological polar surface area (TPSA) is 55.4 Å². The first kappa shape index (κ1) is 24.4. The Hall–Kier alpha value is -1.90. The summed E-state index contributed by atoms with van der Waals surface area (Å²) >= 11 is 3.33. The van der Waals surface area contributed by atoms with Gasteiger partial charge in [0.25, 0.3) is 0 Å². The van der Waals surface area contributed by atoms with Gasteiger partial charge in [0.2, 0.25) is 0 Å². The van der Waals surface area contributed by atoms with Crippen LogP contribution >= 0.6 is 15.9 Å². The molecule has 0 spiro atoms. The van der Waals surface area contributed by atoms with Crippen molar-refractivity contribution < 1.29 is 28.3 Å². The molecule has 2 aromatic rings. The zero-order valence-electron chi connectivity index (χ0n) is 18.9. The Balaban J connectivity index is 0.000000248. The molecule has 0 radical (unpaired) electrons. The highest BCUT2D eigenvalue weighted by molar-refractivity contribution is 9.10. The van der Waals surface area contributed by atoms with Crippen LogP contribution in [0, 0.1) is 0 Å². The Bertz CT molecular complexity index is 840. The normalized spacial score (nSPS) is 16.4. The lowest BCUT2D eigenvalue weighted by Crippen LogP contribution is -2.41. The molecule has 0 aliphatic carbocycles. The maximum absolute atomic E-state index is 6.00. The average molecular weight is 481 g/mol. The second kappa shape index (κ2) is 9.94. The lowest BCUT2D eigenvalue weighted by atomic mass is 9.79. The third-order valence-corrected chi connectivity index (χ3v) is 5.77. The van der Waals surface area contributed by atoms with E-state index in [-0.39, 0.29) is 18.3 Å². The van der Waals surface area contributed by atoms with E-state index in [1.165, 1.54) is 0 Å². The van der Waals surface area contributed by atoms with E-state index >= 15 is 0 Å². The molecule has 1 fully saturated rings. The van der Waals surface area contributed by atoms with Crippen LogP contribution in [0.25, 0.3) is 0 Å². The summed E-state index contributed by atoms with van der Waals surface area (Å²) in [5.74, 6) is 2.86. The van der Waals surface area contributed by atoms with Gasteiger partial charge in [0, 0.05) is 4.47 Å². The number of halogens is 1. The van der Waals surface area contributed by atoms with E-state index in [1.54, 1.807) is 28.4 Å². The lowest BCUT2D eigenvalue weighted by molar-refractivity contribution is 0.00578. The Labute approximate surface area is 188 Å². The van der Waals surface area contributed by atoms with Crippen LogP contribution in [-0.4, -0.2) is 46.8 Å². The van der Waals surface area contributed by atoms with Crippen LogP contribution in [0.5, 0.6) is 23.0 Å². The summed E-state index contributed by atoms with van der Waals surface area (Å²) < 4.78 is 33.6. The molecule has 0 N–H and O–H groups in total. The Morgan fingerprint density at radius 3 is 1.57 bits per heavy atom. The van der Waals surface area contributed by atoms with E-state index in [0.717, 1.165) is 21.4 Å². The minimum atomic E-state index is -0.384. The van der Waals surface area contributed by atoms with Crippen LogP contribution in [0.15, 0.2) is 40.9 Å². The molecular formula is C22H30BBrO6. The molecule has 0 aromatic heterocycles. The third-order valence-electron chi connectivity index (χ3n) is 5.28. The van der Waals surface area contributed by atoms with Crippen molar-refractivity contribution in [2.75, 3.05) is 28.4 Å². The van der Waals surface area contributed by atoms with Gasteiger partial charge >= 0.3 is 7.12 Å². The van der Waals surface area contributed by atoms with Crippen molar-refractivity contribution in [3.05, 3.63) is 40.9 Å². The standard InChI is InChI=1S/C14H21BO4.C8H9BrO2/c1-13(2)14(3,4)19-15(18-13)10-7-8-11(16-5)12(9-10)17-6;1-10-7-4-3-6(9)5-8(7)11-2/h7-9H,1-6H3;3-5H,1-2H3. The molecule has 0 saturated carbocycles. The maximum atomic E-state index is 6.00. The number of ether oxygens (including phenoxy) is 4. The smallest absolute Gasteiger partial charge is 0.493 e. The first-order valence-corrected chi connectivity index (χ1v) is 10.3. The molecule has 8 heteroatoms. The van der Waals surface area contributed by atoms with Gasteiger partial charge in [0.05, 0.1) is 39.6 Å². The lowest BCUT2D eigenvalue weighted by Gasteiger charge is -2.32. The molecule has 1 aliphatic heterocycles. The van der Waals surface area contributed by atoms with E-state index in [9.17, 15) is 0 Å². The van der Waals surface area contributed by atoms with Gasteiger partial charge in [-0.15, -0.1) is 0 Å². The molecule has 3 rings (SSSR count). The van der Waals surface area contributed by atoms with Crippen LogP contribution in [-0.2, 0) is 9.31 Å². The summed E-state index contributed by atoms with van der Waals surface area (Å²) in [5, 5.41) is 0. The molecule has 1 aliphatic rings. The molecule has 1 heterocycles. The molecule has 0 amide bonds. The van der Waals surface area contributed by atoms with E-state index in [2.05, 4.69) is 15.9 Å². The zero-order valence-corrected chi connectivity index (χ0v) is 20.5. The number of benzene rings is 2. The van der Waals surface area contributed by atoms with Crippen molar-refractivity contribution in [1.29, 1.82) is 0 Å². The van der Waals surface area contributed by atoms with Crippen molar-refractivity contribution in [2.45, 2.75) is 38.9 Å². The van der Waals surface area contributed by atoms with Crippen LogP contribution in [0.4, 0.5) is 0 Å². The third kappa shape index (κ3) is 5.42. The summed E-state index contributed by atoms with van der Waals surface area (Å²) in [5.41, 5.74) is 0.242. The van der Waals surface area contributed by atoms with Gasteiger partial charge < -0.3 is 28.3 Å². The Morgan fingerprint density at radius 1 is 0.667 bits per heavy atom. The molecule has 0 atom stereocenters. The number of hydrogen-bond acceptors (Lipinski definition) is 6. The highest BCUT2D eigenvalue weighted by Gasteiger charge is 2.51. The summed E-state index contributed by atoms with van der Waals surface area (Å²) in [7, 11) is 6.08. The number of methoxy groups -OCH3 is 4. The van der Waals surface area contributed by atoms with Crippen LogP contribution < -0.4 is 24.4 Å². The predicted molar refractivity (Wildman–Crippen MR) is 123 cm³/mol. The molecule has 1 saturated heterocycles. The van der Waals surface area contributed by atoms with E-state index in [1.807, 2.05) is 64.1 Å². The largest absolute Gasteiger partial charge is 0.494 e. The maximum Gasteiger partial charge on any atom is 0.494 e. The quantitative estimate of drug-likeness (QED) is 0.588. The van der Waals surface area contributed by atoms with Gasteiger partial charge in [-0.1, -0.05) is 22.0 Å². The van der Waals surface area contributed by atoms with Crippen LogP contribution in [0.2, 0.25) is 0 Å². The van der Waals surface area contributed by atoms with Crippen LogP contribution in [0.3, 0.4) is 0 Å². The molecule has 0 bridgehead atoms. The van der Waals surface area contributed by atoms with Gasteiger partial charge in [0.15, 0.2) is 23.0 Å². The van der Waals surface area contributed by atoms with E-state index in [0.29, 0.717) is 11.5 Å². The molecule has 2 aromatic carbocycles. The second-order valence-electron chi connectivity index (χ2n) is 7.70. The van der Waals surface area contributed by atoms with Crippen molar-refractivity contribution >= 4 is 28.5 Å². The minimum Gasteiger partial charge on any atom is -0.493 e. The first-order chi connectivity index (χ1) is 14.1. The molecule has 164 valence electrons. The molecule has 6 nitrogen and oxygen atoms in total. The predicted octanol–water partition coefficient (Wildman–Crippen LogP) is 4.47. The summed E-state index contributed by atoms with van der Waals surface area (Å²) in [6.07, 6.45) is 0. The van der Waals surface area contributed by atoms with Crippen LogP contribution in [0.1, 0.15) is 27.7 Å². The highest BCUT2D eigenvalue weighted by Crippen LogP contribution is 2.37. The fourth-order valence-corrected chi connectivity index (χ4v) is 3.13. The molecule has 30 heavy (non-hydrogen) atoms. The molecular weight excluding hydrogens is 451 g/mol. The Morgan fingerprint density at radius 2 is 1.10 bits per heavy atom. The monoisotopic (exact) mass is 480 g/mol. The van der Waals surface area contributed by atoms with Crippen molar-refractivity contribution in [3.8, 4) is 23.0 Å². The zero-order chi connectivity index (χ0) is 22.5. The second-order valence-corrected chi connectivity index (χ2v) is 8.62. The summed E-state index contributed by atoms with van der Waals surface area (Å²) in [6.45, 7) is 8.14. The van der Waals surface area contributed by atoms with E-state index in [4.69, 9.17) is 28.3 Å². The van der Waals surface area contributed by atoms with Gasteiger partial charge in [0.1, 0.15) is 0 Å². The summed E-state index contributed by atoms with van der Waals surface area (Å²) in [4.78, 5) is 0. The fraction of sp³-hybridized carbons (Fsp3) is 0.455. The number of hydrogen-bond donors (Lipinski definition) is 0. The fourth-order valence-electron chi connectivity index (χ4n) is 2.79. The minimum absolute atomic E-state index is 0.342. The SMILES string of the molecule is COc1ccc(B2OC(C)(C)C(C)(C)O2)cc1OC.COc1ccc(Br)cc1OC. The highest BCUT2D eigenvalue weighted by atomic mass is 79.9. The van der Waals surface area contributed by atoms with Crippen molar-refractivity contribution in [3.63, 3.8) is 0 Å². The van der Waals surface area contributed by atoms with E-state index < -0.39 is 0 Å². The van der Waals surface area contributed by atoms with Crippen molar-refractivity contribution in [1.82, 2.24) is 0 Å². The van der Waals surface area contributed by atoms with Crippen molar-refractivity contribution in [2.24, 2.45) is 0 Å².